The summed E-state index contributed by atoms with van der Waals surface area (Å²) in [6, 6.07) is 3.40. The number of nitrogens with one attached hydrogen (secondary N) is 1. The molecule has 1 atom stereocenters. The zero-order chi connectivity index (χ0) is 17.6. The molecule has 10 heteroatoms. The van der Waals surface area contributed by atoms with E-state index < -0.39 is 0 Å². The van der Waals surface area contributed by atoms with Crippen molar-refractivity contribution in [1.29, 1.82) is 0 Å². The van der Waals surface area contributed by atoms with Crippen LogP contribution in [0.1, 0.15) is 36.7 Å². The highest BCUT2D eigenvalue weighted by atomic mass is 32.1. The molecule has 3 N–H and O–H groups in total. The number of hydrogen-bond acceptors (Lipinski definition) is 9. The lowest BCUT2D eigenvalue weighted by Crippen LogP contribution is -2.26. The van der Waals surface area contributed by atoms with E-state index in [4.69, 9.17) is 10.3 Å². The Kier molecular flexibility index (Phi) is 5.29. The number of amides is 1. The average molecular weight is 359 g/mol. The number of carbonyl (C=O) groups is 1. The van der Waals surface area contributed by atoms with Crippen molar-refractivity contribution in [3.05, 3.63) is 35.4 Å². The highest BCUT2D eigenvalue weighted by Crippen LogP contribution is 2.19. The van der Waals surface area contributed by atoms with E-state index in [1.807, 2.05) is 19.1 Å². The first-order chi connectivity index (χ1) is 12.1. The number of carbonyl (C=O) groups excluding carboxylic acids is 1. The van der Waals surface area contributed by atoms with Crippen LogP contribution in [0.5, 0.6) is 0 Å². The fourth-order valence-electron chi connectivity index (χ4n) is 2.17. The Bertz CT molecular complexity index is 833. The van der Waals surface area contributed by atoms with Gasteiger partial charge in [-0.05, 0) is 25.5 Å². The minimum absolute atomic E-state index is 0.0739. The first kappa shape index (κ1) is 17.0. The van der Waals surface area contributed by atoms with Gasteiger partial charge in [-0.2, -0.15) is 4.98 Å². The minimum Gasteiger partial charge on any atom is -0.374 e. The van der Waals surface area contributed by atoms with Crippen LogP contribution in [-0.4, -0.2) is 31.2 Å². The molecule has 1 unspecified atom stereocenters. The van der Waals surface area contributed by atoms with Crippen molar-refractivity contribution in [2.45, 2.75) is 32.2 Å². The molecule has 0 saturated heterocycles. The second-order valence-electron chi connectivity index (χ2n) is 5.37. The van der Waals surface area contributed by atoms with Gasteiger partial charge in [-0.1, -0.05) is 16.5 Å². The Balaban J connectivity index is 1.45. The van der Waals surface area contributed by atoms with Crippen molar-refractivity contribution in [3.8, 4) is 11.4 Å². The predicted molar refractivity (Wildman–Crippen MR) is 91.3 cm³/mol. The molecule has 0 saturated carbocycles. The van der Waals surface area contributed by atoms with Crippen molar-refractivity contribution in [2.75, 3.05) is 5.73 Å². The number of aryl methyl sites for hydroxylation is 1. The lowest BCUT2D eigenvalue weighted by molar-refractivity contribution is -0.121. The normalized spacial score (nSPS) is 12.0. The molecule has 25 heavy (non-hydrogen) atoms. The lowest BCUT2D eigenvalue weighted by atomic mass is 10.2. The van der Waals surface area contributed by atoms with Crippen LogP contribution in [0.25, 0.3) is 11.4 Å². The van der Waals surface area contributed by atoms with E-state index in [2.05, 4.69) is 30.6 Å². The fraction of sp³-hybridized carbons (Fsp3) is 0.333. The smallest absolute Gasteiger partial charge is 0.226 e. The van der Waals surface area contributed by atoms with Crippen molar-refractivity contribution >= 4 is 22.4 Å². The van der Waals surface area contributed by atoms with Gasteiger partial charge in [-0.15, -0.1) is 10.2 Å². The Morgan fingerprint density at radius 3 is 2.88 bits per heavy atom. The molecule has 0 aliphatic rings. The molecule has 0 aromatic carbocycles. The minimum atomic E-state index is -0.219. The van der Waals surface area contributed by atoms with Gasteiger partial charge in [0.05, 0.1) is 6.04 Å². The monoisotopic (exact) mass is 359 g/mol. The van der Waals surface area contributed by atoms with Crippen LogP contribution in [0.3, 0.4) is 0 Å². The Morgan fingerprint density at radius 2 is 2.16 bits per heavy atom. The molecule has 3 aromatic rings. The standard InChI is InChI=1S/C15H17N7O2S/c1-9(14-20-21-15(16)25-14)18-11(23)3-2-4-12-19-13(22-24-12)10-5-7-17-8-6-10/h5-9H,2-4H2,1H3,(H2,16,21)(H,18,23). The van der Waals surface area contributed by atoms with E-state index in [9.17, 15) is 4.79 Å². The first-order valence-corrected chi connectivity index (χ1v) is 8.54. The van der Waals surface area contributed by atoms with Crippen molar-refractivity contribution < 1.29 is 9.32 Å². The van der Waals surface area contributed by atoms with E-state index in [-0.39, 0.29) is 11.9 Å². The molecule has 0 fully saturated rings. The molecule has 0 radical (unpaired) electrons. The third-order valence-electron chi connectivity index (χ3n) is 3.41. The summed E-state index contributed by atoms with van der Waals surface area (Å²) in [4.78, 5) is 20.3. The second kappa shape index (κ2) is 7.79. The van der Waals surface area contributed by atoms with Crippen LogP contribution in [-0.2, 0) is 11.2 Å². The molecule has 9 nitrogen and oxygen atoms in total. The van der Waals surface area contributed by atoms with Crippen LogP contribution < -0.4 is 11.1 Å². The summed E-state index contributed by atoms with van der Waals surface area (Å²) in [5.74, 6) is 0.948. The van der Waals surface area contributed by atoms with E-state index in [0.29, 0.717) is 41.1 Å². The average Bonchev–Trinajstić information content (AvgIpc) is 3.25. The van der Waals surface area contributed by atoms with Crippen LogP contribution >= 0.6 is 11.3 Å². The SMILES string of the molecule is CC(NC(=O)CCCc1nc(-c2ccncc2)no1)c1nnc(N)s1. The van der Waals surface area contributed by atoms with Gasteiger partial charge < -0.3 is 15.6 Å². The zero-order valence-electron chi connectivity index (χ0n) is 13.5. The number of hydrogen-bond donors (Lipinski definition) is 2. The van der Waals surface area contributed by atoms with Crippen LogP contribution in [0.2, 0.25) is 0 Å². The van der Waals surface area contributed by atoms with Gasteiger partial charge in [0.1, 0.15) is 5.01 Å². The highest BCUT2D eigenvalue weighted by Gasteiger charge is 2.14. The third kappa shape index (κ3) is 4.57. The topological polar surface area (TPSA) is 133 Å². The van der Waals surface area contributed by atoms with Crippen LogP contribution in [0, 0.1) is 0 Å². The van der Waals surface area contributed by atoms with Crippen LogP contribution in [0.4, 0.5) is 5.13 Å². The second-order valence-corrected chi connectivity index (χ2v) is 6.41. The number of nitrogens with two attached hydrogens (primary N) is 1. The first-order valence-electron chi connectivity index (χ1n) is 7.73. The van der Waals surface area contributed by atoms with Crippen LogP contribution in [0.15, 0.2) is 29.0 Å². The van der Waals surface area contributed by atoms with Gasteiger partial charge in [0.2, 0.25) is 22.8 Å². The zero-order valence-corrected chi connectivity index (χ0v) is 14.4. The lowest BCUT2D eigenvalue weighted by Gasteiger charge is -2.09. The van der Waals surface area contributed by atoms with Crippen molar-refractivity contribution in [3.63, 3.8) is 0 Å². The molecule has 3 heterocycles. The number of pyridine rings is 1. The van der Waals surface area contributed by atoms with Gasteiger partial charge >= 0.3 is 0 Å². The summed E-state index contributed by atoms with van der Waals surface area (Å²) in [7, 11) is 0. The third-order valence-corrected chi connectivity index (χ3v) is 4.34. The molecule has 3 aromatic heterocycles. The van der Waals surface area contributed by atoms with Gasteiger partial charge in [0, 0.05) is 30.8 Å². The number of rotatable bonds is 7. The molecular formula is C15H17N7O2S. The quantitative estimate of drug-likeness (QED) is 0.652. The van der Waals surface area contributed by atoms with Gasteiger partial charge in [-0.25, -0.2) is 0 Å². The van der Waals surface area contributed by atoms with E-state index >= 15 is 0 Å². The Hall–Kier alpha value is -2.88. The van der Waals surface area contributed by atoms with Gasteiger partial charge in [0.15, 0.2) is 0 Å². The summed E-state index contributed by atoms with van der Waals surface area (Å²) in [5, 5.41) is 15.5. The van der Waals surface area contributed by atoms with E-state index in [1.54, 1.807) is 12.4 Å². The van der Waals surface area contributed by atoms with Crippen molar-refractivity contribution in [1.82, 2.24) is 30.6 Å². The maximum atomic E-state index is 12.0. The molecule has 3 rings (SSSR count). The molecule has 1 amide bonds. The van der Waals surface area contributed by atoms with Crippen molar-refractivity contribution in [2.24, 2.45) is 0 Å². The maximum absolute atomic E-state index is 12.0. The molecular weight excluding hydrogens is 342 g/mol. The molecule has 0 aliphatic heterocycles. The van der Waals surface area contributed by atoms with E-state index in [1.165, 1.54) is 11.3 Å². The summed E-state index contributed by atoms with van der Waals surface area (Å²) in [6.45, 7) is 1.84. The summed E-state index contributed by atoms with van der Waals surface area (Å²) in [6.07, 6.45) is 4.83. The van der Waals surface area contributed by atoms with Gasteiger partial charge in [0.25, 0.3) is 0 Å². The summed E-state index contributed by atoms with van der Waals surface area (Å²) in [5.41, 5.74) is 6.38. The number of nitrogen functional groups attached to an aromatic ring is 1. The summed E-state index contributed by atoms with van der Waals surface area (Å²) < 4.78 is 5.21. The fourth-order valence-corrected chi connectivity index (χ4v) is 2.78. The molecule has 0 spiro atoms. The highest BCUT2D eigenvalue weighted by molar-refractivity contribution is 7.15. The molecule has 130 valence electrons. The summed E-state index contributed by atoms with van der Waals surface area (Å²) >= 11 is 1.26. The van der Waals surface area contributed by atoms with Gasteiger partial charge in [-0.3, -0.25) is 9.78 Å². The number of anilines is 1. The predicted octanol–water partition coefficient (Wildman–Crippen LogP) is 1.77. The number of aromatic nitrogens is 5. The Labute approximate surface area is 147 Å². The maximum Gasteiger partial charge on any atom is 0.226 e. The van der Waals surface area contributed by atoms with E-state index in [0.717, 1.165) is 5.56 Å². The molecule has 0 aliphatic carbocycles. The Morgan fingerprint density at radius 1 is 1.36 bits per heavy atom. The largest absolute Gasteiger partial charge is 0.374 e. The molecule has 0 bridgehead atoms. The number of nitrogens with zero attached hydrogens (tertiary/aromatic N) is 5.